The molecule has 0 saturated carbocycles. The van der Waals surface area contributed by atoms with Gasteiger partial charge in [-0.1, -0.05) is 29.3 Å². The van der Waals surface area contributed by atoms with Gasteiger partial charge in [-0.25, -0.2) is 4.79 Å². The molecule has 0 aliphatic rings. The van der Waals surface area contributed by atoms with Crippen LogP contribution in [0.25, 0.3) is 0 Å². The van der Waals surface area contributed by atoms with E-state index in [1.54, 1.807) is 25.1 Å². The van der Waals surface area contributed by atoms with Gasteiger partial charge in [0, 0.05) is 11.4 Å². The van der Waals surface area contributed by atoms with Crippen molar-refractivity contribution < 1.29 is 9.90 Å². The fourth-order valence-electron chi connectivity index (χ4n) is 1.87. The SMILES string of the molecule is Cc1cc(CNC(C)(C(=O)O)c2ccc(Cl)c(Cl)c2)sn1. The second-order valence-electron chi connectivity index (χ2n) is 4.85. The molecule has 0 radical (unpaired) electrons. The summed E-state index contributed by atoms with van der Waals surface area (Å²) in [5.41, 5.74) is 0.209. The normalized spacial score (nSPS) is 13.9. The summed E-state index contributed by atoms with van der Waals surface area (Å²) in [6.45, 7) is 3.91. The number of hydrogen-bond acceptors (Lipinski definition) is 4. The Kier molecular flexibility index (Phi) is 4.88. The molecule has 0 bridgehead atoms. The van der Waals surface area contributed by atoms with Crippen molar-refractivity contribution >= 4 is 40.7 Å². The molecule has 2 aromatic rings. The van der Waals surface area contributed by atoms with Crippen LogP contribution in [-0.2, 0) is 16.9 Å². The first-order chi connectivity index (χ1) is 9.83. The number of carboxylic acids is 1. The van der Waals surface area contributed by atoms with Gasteiger partial charge in [0.25, 0.3) is 0 Å². The van der Waals surface area contributed by atoms with Crippen molar-refractivity contribution in [2.24, 2.45) is 0 Å². The van der Waals surface area contributed by atoms with Crippen LogP contribution in [-0.4, -0.2) is 15.4 Å². The summed E-state index contributed by atoms with van der Waals surface area (Å²) in [6, 6.07) is 6.75. The van der Waals surface area contributed by atoms with Gasteiger partial charge in [0.2, 0.25) is 0 Å². The molecule has 1 aromatic carbocycles. The van der Waals surface area contributed by atoms with Gasteiger partial charge in [0.05, 0.1) is 15.7 Å². The molecular weight excluding hydrogens is 331 g/mol. The maximum absolute atomic E-state index is 11.7. The van der Waals surface area contributed by atoms with Gasteiger partial charge >= 0.3 is 5.97 Å². The maximum atomic E-state index is 11.7. The average Bonchev–Trinajstić information content (AvgIpc) is 2.84. The Labute approximate surface area is 136 Å². The lowest BCUT2D eigenvalue weighted by Gasteiger charge is -2.27. The summed E-state index contributed by atoms with van der Waals surface area (Å²) in [5, 5.41) is 13.4. The lowest BCUT2D eigenvalue weighted by atomic mass is 9.92. The lowest BCUT2D eigenvalue weighted by molar-refractivity contribution is -0.144. The van der Waals surface area contributed by atoms with E-state index >= 15 is 0 Å². The van der Waals surface area contributed by atoms with Crippen LogP contribution in [0, 0.1) is 6.92 Å². The Morgan fingerprint density at radius 3 is 2.62 bits per heavy atom. The smallest absolute Gasteiger partial charge is 0.328 e. The Bertz CT molecular complexity index is 675. The van der Waals surface area contributed by atoms with E-state index in [9.17, 15) is 9.90 Å². The van der Waals surface area contributed by atoms with E-state index in [-0.39, 0.29) is 0 Å². The number of nitrogens with zero attached hydrogens (tertiary/aromatic N) is 1. The molecule has 1 aromatic heterocycles. The maximum Gasteiger partial charge on any atom is 0.328 e. The van der Waals surface area contributed by atoms with E-state index in [1.165, 1.54) is 11.5 Å². The van der Waals surface area contributed by atoms with Crippen molar-refractivity contribution in [2.45, 2.75) is 25.9 Å². The Balaban J connectivity index is 2.27. The van der Waals surface area contributed by atoms with Gasteiger partial charge in [-0.2, -0.15) is 4.37 Å². The number of aliphatic carboxylic acids is 1. The monoisotopic (exact) mass is 344 g/mol. The Morgan fingerprint density at radius 2 is 2.10 bits per heavy atom. The summed E-state index contributed by atoms with van der Waals surface area (Å²) >= 11 is 13.2. The van der Waals surface area contributed by atoms with E-state index in [0.29, 0.717) is 22.2 Å². The molecule has 7 heteroatoms. The third kappa shape index (κ3) is 3.55. The number of carbonyl (C=O) groups is 1. The lowest BCUT2D eigenvalue weighted by Crippen LogP contribution is -2.46. The highest BCUT2D eigenvalue weighted by Gasteiger charge is 2.35. The van der Waals surface area contributed by atoms with Crippen LogP contribution in [0.2, 0.25) is 10.0 Å². The fourth-order valence-corrected chi connectivity index (χ4v) is 2.84. The van der Waals surface area contributed by atoms with E-state index < -0.39 is 11.5 Å². The zero-order valence-corrected chi connectivity index (χ0v) is 13.8. The van der Waals surface area contributed by atoms with Crippen LogP contribution in [0.1, 0.15) is 23.1 Å². The molecule has 0 aliphatic carbocycles. The molecule has 4 nitrogen and oxygen atoms in total. The first kappa shape index (κ1) is 16.2. The minimum Gasteiger partial charge on any atom is -0.480 e. The van der Waals surface area contributed by atoms with E-state index in [4.69, 9.17) is 23.2 Å². The van der Waals surface area contributed by atoms with Crippen molar-refractivity contribution in [2.75, 3.05) is 0 Å². The second kappa shape index (κ2) is 6.32. The third-order valence-electron chi connectivity index (χ3n) is 3.22. The topological polar surface area (TPSA) is 62.2 Å². The van der Waals surface area contributed by atoms with Crippen molar-refractivity contribution in [3.63, 3.8) is 0 Å². The minimum atomic E-state index is -1.26. The molecule has 1 atom stereocenters. The quantitative estimate of drug-likeness (QED) is 0.864. The molecule has 2 rings (SSSR count). The van der Waals surface area contributed by atoms with E-state index in [2.05, 4.69) is 9.69 Å². The number of nitrogens with one attached hydrogen (secondary N) is 1. The number of halogens is 2. The zero-order valence-electron chi connectivity index (χ0n) is 11.5. The number of hydrogen-bond donors (Lipinski definition) is 2. The molecule has 21 heavy (non-hydrogen) atoms. The van der Waals surface area contributed by atoms with Crippen LogP contribution in [0.5, 0.6) is 0 Å². The van der Waals surface area contributed by atoms with Gasteiger partial charge in [0.15, 0.2) is 0 Å². The summed E-state index contributed by atoms with van der Waals surface area (Å²) in [6.07, 6.45) is 0. The number of carboxylic acid groups (broad SMARTS) is 1. The molecule has 2 N–H and O–H groups in total. The van der Waals surface area contributed by atoms with Gasteiger partial charge in [-0.3, -0.25) is 5.32 Å². The number of benzene rings is 1. The molecule has 0 fully saturated rings. The first-order valence-corrected chi connectivity index (χ1v) is 7.72. The number of aromatic nitrogens is 1. The molecule has 1 unspecified atom stereocenters. The Morgan fingerprint density at radius 1 is 1.38 bits per heavy atom. The predicted molar refractivity (Wildman–Crippen MR) is 85.1 cm³/mol. The Hall–Kier alpha value is -1.14. The zero-order chi connectivity index (χ0) is 15.6. The standard InChI is InChI=1S/C14H14Cl2N2O2S/c1-8-5-10(21-18-8)7-17-14(2,13(19)20)9-3-4-11(15)12(16)6-9/h3-6,17H,7H2,1-2H3,(H,19,20). The van der Waals surface area contributed by atoms with Crippen LogP contribution in [0.15, 0.2) is 24.3 Å². The number of aryl methyl sites for hydroxylation is 1. The van der Waals surface area contributed by atoms with Gasteiger partial charge < -0.3 is 5.11 Å². The molecule has 0 saturated heterocycles. The van der Waals surface area contributed by atoms with Crippen molar-refractivity contribution in [3.05, 3.63) is 50.4 Å². The predicted octanol–water partition coefficient (Wildman–Crippen LogP) is 3.85. The molecule has 0 aliphatic heterocycles. The summed E-state index contributed by atoms with van der Waals surface area (Å²) in [7, 11) is 0. The molecular formula is C14H14Cl2N2O2S. The van der Waals surface area contributed by atoms with Gasteiger partial charge in [-0.05, 0) is 49.1 Å². The minimum absolute atomic E-state index is 0.331. The van der Waals surface area contributed by atoms with Crippen LogP contribution >= 0.6 is 34.7 Å². The molecule has 0 spiro atoms. The first-order valence-electron chi connectivity index (χ1n) is 6.19. The fraction of sp³-hybridized carbons (Fsp3) is 0.286. The number of rotatable bonds is 5. The van der Waals surface area contributed by atoms with E-state index in [1.807, 2.05) is 13.0 Å². The third-order valence-corrected chi connectivity index (χ3v) is 4.83. The summed E-state index contributed by atoms with van der Waals surface area (Å²) < 4.78 is 4.18. The van der Waals surface area contributed by atoms with E-state index in [0.717, 1.165) is 10.6 Å². The largest absolute Gasteiger partial charge is 0.480 e. The van der Waals surface area contributed by atoms with Crippen LogP contribution in [0.3, 0.4) is 0 Å². The van der Waals surface area contributed by atoms with Crippen LogP contribution in [0.4, 0.5) is 0 Å². The highest BCUT2D eigenvalue weighted by Crippen LogP contribution is 2.29. The van der Waals surface area contributed by atoms with Gasteiger partial charge in [-0.15, -0.1) is 0 Å². The van der Waals surface area contributed by atoms with Gasteiger partial charge in [0.1, 0.15) is 5.54 Å². The average molecular weight is 345 g/mol. The van der Waals surface area contributed by atoms with Crippen LogP contribution < -0.4 is 5.32 Å². The summed E-state index contributed by atoms with van der Waals surface area (Å²) in [5.74, 6) is -0.984. The van der Waals surface area contributed by atoms with Crippen molar-refractivity contribution in [1.29, 1.82) is 0 Å². The molecule has 1 heterocycles. The summed E-state index contributed by atoms with van der Waals surface area (Å²) in [4.78, 5) is 12.7. The highest BCUT2D eigenvalue weighted by molar-refractivity contribution is 7.05. The molecule has 0 amide bonds. The molecule has 112 valence electrons. The second-order valence-corrected chi connectivity index (χ2v) is 6.55. The van der Waals surface area contributed by atoms with Crippen molar-refractivity contribution in [1.82, 2.24) is 9.69 Å². The highest BCUT2D eigenvalue weighted by atomic mass is 35.5. The van der Waals surface area contributed by atoms with Crippen molar-refractivity contribution in [3.8, 4) is 0 Å².